The van der Waals surface area contributed by atoms with Gasteiger partial charge in [-0.05, 0) is 55.9 Å². The van der Waals surface area contributed by atoms with Gasteiger partial charge < -0.3 is 14.8 Å². The minimum absolute atomic E-state index is 0.0337. The number of nitrogens with zero attached hydrogens (tertiary/aromatic N) is 4. The first-order valence-corrected chi connectivity index (χ1v) is 10.7. The molecule has 0 spiro atoms. The molecule has 3 aliphatic rings. The van der Waals surface area contributed by atoms with Crippen molar-refractivity contribution in [3.05, 3.63) is 39.9 Å². The Labute approximate surface area is 173 Å². The molecule has 30 heavy (non-hydrogen) atoms. The van der Waals surface area contributed by atoms with Crippen LogP contribution in [0.1, 0.15) is 42.9 Å². The summed E-state index contributed by atoms with van der Waals surface area (Å²) in [6.07, 6.45) is 7.07. The molecule has 2 bridgehead atoms. The van der Waals surface area contributed by atoms with Crippen LogP contribution in [0.4, 0.5) is 11.6 Å². The molecule has 2 aromatic heterocycles. The lowest BCUT2D eigenvalue weighted by molar-refractivity contribution is -0.0158. The number of anilines is 2. The highest BCUT2D eigenvalue weighted by Gasteiger charge is 2.37. The quantitative estimate of drug-likeness (QED) is 0.719. The van der Waals surface area contributed by atoms with Gasteiger partial charge in [-0.2, -0.15) is 4.98 Å². The van der Waals surface area contributed by atoms with E-state index >= 15 is 0 Å². The molecule has 0 saturated carbocycles. The van der Waals surface area contributed by atoms with E-state index in [4.69, 9.17) is 14.5 Å². The molecule has 5 heterocycles. The molecular formula is C22H25N5O3. The normalized spacial score (nSPS) is 24.8. The lowest BCUT2D eigenvalue weighted by atomic mass is 10.0. The average Bonchev–Trinajstić information content (AvgIpc) is 3.39. The van der Waals surface area contributed by atoms with Gasteiger partial charge in [0.15, 0.2) is 5.65 Å². The first kappa shape index (κ1) is 17.9. The lowest BCUT2D eigenvalue weighted by Crippen LogP contribution is -2.33. The second-order valence-corrected chi connectivity index (χ2v) is 8.70. The van der Waals surface area contributed by atoms with E-state index in [0.717, 1.165) is 61.2 Å². The number of fused-ring (bicyclic) bond motifs is 4. The van der Waals surface area contributed by atoms with Crippen LogP contribution in [-0.4, -0.2) is 37.9 Å². The zero-order valence-electron chi connectivity index (χ0n) is 17.2. The zero-order chi connectivity index (χ0) is 20.4. The zero-order valence-corrected chi connectivity index (χ0v) is 17.2. The predicted molar refractivity (Wildman–Crippen MR) is 113 cm³/mol. The van der Waals surface area contributed by atoms with Crippen LogP contribution in [0, 0.1) is 6.92 Å². The Morgan fingerprint density at radius 2 is 2.00 bits per heavy atom. The summed E-state index contributed by atoms with van der Waals surface area (Å²) >= 11 is 0. The molecule has 0 aliphatic carbocycles. The molecule has 6 rings (SSSR count). The Kier molecular flexibility index (Phi) is 3.93. The molecule has 8 nitrogen and oxygen atoms in total. The van der Waals surface area contributed by atoms with Gasteiger partial charge in [-0.1, -0.05) is 0 Å². The second kappa shape index (κ2) is 6.57. The van der Waals surface area contributed by atoms with E-state index in [1.54, 1.807) is 17.8 Å². The van der Waals surface area contributed by atoms with Crippen molar-refractivity contribution in [3.63, 3.8) is 0 Å². The molecule has 156 valence electrons. The van der Waals surface area contributed by atoms with E-state index in [9.17, 15) is 4.79 Å². The maximum absolute atomic E-state index is 13.1. The Hall–Kier alpha value is -2.87. The summed E-state index contributed by atoms with van der Waals surface area (Å²) < 4.78 is 15.1. The number of benzene rings is 1. The molecule has 3 aromatic rings. The molecular weight excluding hydrogens is 382 g/mol. The van der Waals surface area contributed by atoms with Crippen molar-refractivity contribution in [1.82, 2.24) is 19.1 Å². The second-order valence-electron chi connectivity index (χ2n) is 8.70. The van der Waals surface area contributed by atoms with Gasteiger partial charge in [-0.25, -0.2) is 9.78 Å². The van der Waals surface area contributed by atoms with Gasteiger partial charge >= 0.3 is 5.69 Å². The van der Waals surface area contributed by atoms with Crippen LogP contribution in [0.5, 0.6) is 5.75 Å². The number of nitrogens with one attached hydrogen (secondary N) is 1. The highest BCUT2D eigenvalue weighted by atomic mass is 16.5. The van der Waals surface area contributed by atoms with Crippen molar-refractivity contribution >= 4 is 22.8 Å². The van der Waals surface area contributed by atoms with Crippen LogP contribution in [0.25, 0.3) is 11.2 Å². The Bertz CT molecular complexity index is 1200. The number of aryl methyl sites for hydroxylation is 2. The molecule has 2 saturated heterocycles. The number of aromatic nitrogens is 4. The summed E-state index contributed by atoms with van der Waals surface area (Å²) in [5, 5.41) is 3.36. The smallest absolute Gasteiger partial charge is 0.330 e. The van der Waals surface area contributed by atoms with Crippen LogP contribution >= 0.6 is 0 Å². The first-order valence-electron chi connectivity index (χ1n) is 10.7. The number of hydrogen-bond donors (Lipinski definition) is 1. The summed E-state index contributed by atoms with van der Waals surface area (Å²) in [4.78, 5) is 22.3. The van der Waals surface area contributed by atoms with E-state index in [1.165, 1.54) is 5.56 Å². The third-order valence-corrected chi connectivity index (χ3v) is 6.75. The molecule has 8 heteroatoms. The fourth-order valence-electron chi connectivity index (χ4n) is 5.15. The average molecular weight is 407 g/mol. The summed E-state index contributed by atoms with van der Waals surface area (Å²) in [7, 11) is 1.79. The van der Waals surface area contributed by atoms with Gasteiger partial charge in [-0.3, -0.25) is 9.13 Å². The van der Waals surface area contributed by atoms with Gasteiger partial charge in [0.2, 0.25) is 5.95 Å². The Morgan fingerprint density at radius 1 is 1.20 bits per heavy atom. The molecule has 2 fully saturated rings. The summed E-state index contributed by atoms with van der Waals surface area (Å²) in [5.74, 6) is 1.46. The van der Waals surface area contributed by atoms with Crippen LogP contribution in [0.2, 0.25) is 0 Å². The number of ether oxygens (including phenoxy) is 2. The van der Waals surface area contributed by atoms with Crippen LogP contribution in [-0.2, 0) is 18.2 Å². The molecule has 2 atom stereocenters. The number of rotatable bonds is 3. The van der Waals surface area contributed by atoms with Gasteiger partial charge in [0.05, 0.1) is 25.0 Å². The van der Waals surface area contributed by atoms with Crippen molar-refractivity contribution in [2.24, 2.45) is 7.05 Å². The maximum Gasteiger partial charge on any atom is 0.330 e. The minimum Gasteiger partial charge on any atom is -0.493 e. The molecule has 0 amide bonds. The Balaban J connectivity index is 1.40. The largest absolute Gasteiger partial charge is 0.493 e. The van der Waals surface area contributed by atoms with Gasteiger partial charge in [-0.15, -0.1) is 0 Å². The maximum atomic E-state index is 13.1. The monoisotopic (exact) mass is 407 g/mol. The first-order chi connectivity index (χ1) is 14.6. The third-order valence-electron chi connectivity index (χ3n) is 6.75. The molecule has 0 radical (unpaired) electrons. The fourth-order valence-corrected chi connectivity index (χ4v) is 5.15. The predicted octanol–water partition coefficient (Wildman–Crippen LogP) is 3.00. The molecule has 2 unspecified atom stereocenters. The SMILES string of the molecule is Cc1cc2c(cc1Nc1ncc3c(n1)n(C1CC4CCC(C1)O4)c(=O)n3C)CCO2. The van der Waals surface area contributed by atoms with Gasteiger partial charge in [0.1, 0.15) is 11.3 Å². The van der Waals surface area contributed by atoms with Crippen molar-refractivity contribution < 1.29 is 9.47 Å². The van der Waals surface area contributed by atoms with Gasteiger partial charge in [0, 0.05) is 25.2 Å². The Morgan fingerprint density at radius 3 is 2.80 bits per heavy atom. The summed E-state index contributed by atoms with van der Waals surface area (Å²) in [6.45, 7) is 2.77. The number of imidazole rings is 1. The van der Waals surface area contributed by atoms with E-state index in [0.29, 0.717) is 11.6 Å². The standard InChI is InChI=1S/C22H25N5O3/c1-12-7-19-13(5-6-29-19)8-17(12)24-21-23-11-18-20(25-21)27(22(28)26(18)2)14-9-15-3-4-16(10-14)30-15/h7-8,11,14-16H,3-6,9-10H2,1-2H3,(H,23,24,25). The van der Waals surface area contributed by atoms with Crippen molar-refractivity contribution in [2.45, 2.75) is 57.3 Å². The topological polar surface area (TPSA) is 83.2 Å². The third kappa shape index (κ3) is 2.74. The minimum atomic E-state index is -0.0337. The van der Waals surface area contributed by atoms with Crippen LogP contribution in [0.15, 0.2) is 23.1 Å². The van der Waals surface area contributed by atoms with Crippen LogP contribution in [0.3, 0.4) is 0 Å². The number of hydrogen-bond acceptors (Lipinski definition) is 6. The fraction of sp³-hybridized carbons (Fsp3) is 0.500. The van der Waals surface area contributed by atoms with E-state index in [-0.39, 0.29) is 23.9 Å². The summed E-state index contributed by atoms with van der Waals surface area (Å²) in [6, 6.07) is 4.29. The van der Waals surface area contributed by atoms with Crippen molar-refractivity contribution in [1.29, 1.82) is 0 Å². The van der Waals surface area contributed by atoms with Crippen LogP contribution < -0.4 is 15.7 Å². The molecule has 1 N–H and O–H groups in total. The highest BCUT2D eigenvalue weighted by Crippen LogP contribution is 2.39. The van der Waals surface area contributed by atoms with Crippen molar-refractivity contribution in [3.8, 4) is 5.75 Å². The van der Waals surface area contributed by atoms with E-state index < -0.39 is 0 Å². The van der Waals surface area contributed by atoms with Crippen molar-refractivity contribution in [2.75, 3.05) is 11.9 Å². The highest BCUT2D eigenvalue weighted by molar-refractivity contribution is 5.73. The molecule has 1 aromatic carbocycles. The van der Waals surface area contributed by atoms with E-state index in [2.05, 4.69) is 22.4 Å². The molecule has 3 aliphatic heterocycles. The van der Waals surface area contributed by atoms with Gasteiger partial charge in [0.25, 0.3) is 0 Å². The summed E-state index contributed by atoms with van der Waals surface area (Å²) in [5.41, 5.74) is 4.64. The lowest BCUT2D eigenvalue weighted by Gasteiger charge is -2.28. The van der Waals surface area contributed by atoms with E-state index in [1.807, 2.05) is 11.5 Å².